The lowest BCUT2D eigenvalue weighted by Crippen LogP contribution is -2.40. The summed E-state index contributed by atoms with van der Waals surface area (Å²) < 4.78 is 26.6. The molecule has 1 saturated carbocycles. The summed E-state index contributed by atoms with van der Waals surface area (Å²) >= 11 is 12.5. The van der Waals surface area contributed by atoms with Crippen LogP contribution in [0.2, 0.25) is 10.0 Å². The highest BCUT2D eigenvalue weighted by Crippen LogP contribution is 2.33. The third kappa shape index (κ3) is 4.54. The van der Waals surface area contributed by atoms with Crippen LogP contribution in [-0.2, 0) is 6.42 Å². The first kappa shape index (κ1) is 20.1. The number of hydrogen-bond donors (Lipinski definition) is 2. The fourth-order valence-electron chi connectivity index (χ4n) is 3.61. The van der Waals surface area contributed by atoms with E-state index >= 15 is 0 Å². The monoisotopic (exact) mass is 437 g/mol. The summed E-state index contributed by atoms with van der Waals surface area (Å²) in [5, 5.41) is 3.99. The number of nitrogens with zero attached hydrogens (tertiary/aromatic N) is 1. The average Bonchev–Trinajstić information content (AvgIpc) is 3.08. The first-order valence-corrected chi connectivity index (χ1v) is 10.2. The van der Waals surface area contributed by atoms with E-state index in [4.69, 9.17) is 23.2 Å². The van der Waals surface area contributed by atoms with Crippen molar-refractivity contribution in [2.75, 3.05) is 0 Å². The summed E-state index contributed by atoms with van der Waals surface area (Å²) in [7, 11) is 0. The zero-order chi connectivity index (χ0) is 20.6. The van der Waals surface area contributed by atoms with Crippen molar-refractivity contribution in [3.8, 4) is 0 Å². The molecule has 4 rings (SSSR count). The van der Waals surface area contributed by atoms with Gasteiger partial charge in [0.05, 0.1) is 11.0 Å². The summed E-state index contributed by atoms with van der Waals surface area (Å²) in [5.41, 5.74) is 2.67. The van der Waals surface area contributed by atoms with Crippen LogP contribution in [0.5, 0.6) is 0 Å². The normalized spacial score (nSPS) is 16.8. The number of carbonyl (C=O) groups excluding carboxylic acids is 1. The Labute approximate surface area is 176 Å². The van der Waals surface area contributed by atoms with Crippen molar-refractivity contribution < 1.29 is 13.6 Å². The van der Waals surface area contributed by atoms with Gasteiger partial charge in [-0.2, -0.15) is 0 Å². The molecule has 29 heavy (non-hydrogen) atoms. The van der Waals surface area contributed by atoms with Gasteiger partial charge in [0.25, 0.3) is 5.91 Å². The predicted octanol–water partition coefficient (Wildman–Crippen LogP) is 5.77. The Morgan fingerprint density at radius 3 is 2.55 bits per heavy atom. The van der Waals surface area contributed by atoms with E-state index in [-0.39, 0.29) is 37.6 Å². The van der Waals surface area contributed by atoms with Gasteiger partial charge >= 0.3 is 0 Å². The lowest BCUT2D eigenvalue weighted by Gasteiger charge is -2.28. The molecule has 1 fully saturated rings. The fraction of sp³-hybridized carbons (Fsp3) is 0.333. The van der Waals surface area contributed by atoms with E-state index in [1.165, 1.54) is 0 Å². The topological polar surface area (TPSA) is 57.8 Å². The molecular weight excluding hydrogens is 419 g/mol. The number of fused-ring (bicyclic) bond motifs is 1. The second-order valence-corrected chi connectivity index (χ2v) is 8.21. The van der Waals surface area contributed by atoms with Crippen molar-refractivity contribution in [2.45, 2.75) is 44.1 Å². The highest BCUT2D eigenvalue weighted by molar-refractivity contribution is 6.36. The average molecular weight is 438 g/mol. The molecule has 8 heteroatoms. The van der Waals surface area contributed by atoms with Gasteiger partial charge in [-0.05, 0) is 48.7 Å². The number of carbonyl (C=O) groups is 1. The third-order valence-corrected chi connectivity index (χ3v) is 5.96. The number of amides is 1. The first-order chi connectivity index (χ1) is 13.8. The van der Waals surface area contributed by atoms with Gasteiger partial charge in [0.15, 0.2) is 0 Å². The molecule has 152 valence electrons. The molecule has 0 aliphatic heterocycles. The molecule has 1 aliphatic carbocycles. The van der Waals surface area contributed by atoms with Gasteiger partial charge < -0.3 is 10.3 Å². The van der Waals surface area contributed by atoms with Gasteiger partial charge in [0.1, 0.15) is 5.82 Å². The van der Waals surface area contributed by atoms with E-state index in [9.17, 15) is 13.6 Å². The van der Waals surface area contributed by atoms with Crippen molar-refractivity contribution in [2.24, 2.45) is 0 Å². The van der Waals surface area contributed by atoms with E-state index < -0.39 is 5.92 Å². The Kier molecular flexibility index (Phi) is 5.49. The van der Waals surface area contributed by atoms with Gasteiger partial charge in [-0.25, -0.2) is 13.8 Å². The molecule has 1 aliphatic rings. The Morgan fingerprint density at radius 1 is 1.17 bits per heavy atom. The van der Waals surface area contributed by atoms with E-state index in [0.29, 0.717) is 33.4 Å². The maximum atomic E-state index is 13.3. The van der Waals surface area contributed by atoms with Gasteiger partial charge in [-0.3, -0.25) is 4.79 Å². The number of nitrogens with one attached hydrogen (secondary N) is 2. The van der Waals surface area contributed by atoms with Crippen molar-refractivity contribution in [1.82, 2.24) is 15.3 Å². The zero-order valence-corrected chi connectivity index (χ0v) is 17.0. The number of aromatic amines is 1. The number of alkyl halides is 2. The van der Waals surface area contributed by atoms with Crippen LogP contribution in [0.4, 0.5) is 8.78 Å². The van der Waals surface area contributed by atoms with Gasteiger partial charge in [0.2, 0.25) is 5.92 Å². The molecule has 0 bridgehead atoms. The Hall–Kier alpha value is -2.18. The number of H-pyrrole nitrogens is 1. The molecule has 1 aromatic heterocycles. The lowest BCUT2D eigenvalue weighted by molar-refractivity contribution is -0.0399. The van der Waals surface area contributed by atoms with Crippen molar-refractivity contribution in [3.05, 3.63) is 63.4 Å². The Balaban J connectivity index is 1.49. The smallest absolute Gasteiger partial charge is 0.251 e. The second-order valence-electron chi connectivity index (χ2n) is 7.40. The summed E-state index contributed by atoms with van der Waals surface area (Å²) in [6.07, 6.45) is 0.629. The van der Waals surface area contributed by atoms with Crippen LogP contribution in [0.15, 0.2) is 36.4 Å². The zero-order valence-electron chi connectivity index (χ0n) is 15.4. The number of benzene rings is 2. The van der Waals surface area contributed by atoms with Gasteiger partial charge in [0, 0.05) is 40.9 Å². The molecule has 0 unspecified atom stereocenters. The summed E-state index contributed by atoms with van der Waals surface area (Å²) in [6.45, 7) is 0. The van der Waals surface area contributed by atoms with E-state index in [0.717, 1.165) is 11.1 Å². The fourth-order valence-corrected chi connectivity index (χ4v) is 4.14. The summed E-state index contributed by atoms with van der Waals surface area (Å²) in [4.78, 5) is 20.3. The number of rotatable bonds is 4. The van der Waals surface area contributed by atoms with Crippen molar-refractivity contribution >= 4 is 40.1 Å². The van der Waals surface area contributed by atoms with E-state index in [2.05, 4.69) is 15.3 Å². The minimum absolute atomic E-state index is 0.189. The standard InChI is InChI=1S/C21H19Cl2F2N3O/c22-15-2-1-3-16(23)14(15)11-19-27-17-5-4-12(10-18(17)28-19)20(29)26-13-6-8-21(24,25)9-7-13/h1-5,10,13H,6-9,11H2,(H,26,29)(H,27,28). The van der Waals surface area contributed by atoms with Crippen LogP contribution >= 0.6 is 23.2 Å². The van der Waals surface area contributed by atoms with Crippen LogP contribution in [0.1, 0.15) is 47.4 Å². The molecule has 1 amide bonds. The summed E-state index contributed by atoms with van der Waals surface area (Å²) in [6, 6.07) is 10.3. The van der Waals surface area contributed by atoms with Crippen LogP contribution < -0.4 is 5.32 Å². The van der Waals surface area contributed by atoms with Crippen LogP contribution in [0.25, 0.3) is 11.0 Å². The van der Waals surface area contributed by atoms with E-state index in [1.807, 2.05) is 0 Å². The largest absolute Gasteiger partial charge is 0.349 e. The SMILES string of the molecule is O=C(NC1CCC(F)(F)CC1)c1ccc2nc(Cc3c(Cl)cccc3Cl)[nH]c2c1. The number of aromatic nitrogens is 2. The molecule has 3 aromatic rings. The van der Waals surface area contributed by atoms with Gasteiger partial charge in [-0.15, -0.1) is 0 Å². The Morgan fingerprint density at radius 2 is 1.86 bits per heavy atom. The third-order valence-electron chi connectivity index (χ3n) is 5.25. The maximum Gasteiger partial charge on any atom is 0.251 e. The molecule has 0 radical (unpaired) electrons. The molecule has 4 nitrogen and oxygen atoms in total. The lowest BCUT2D eigenvalue weighted by atomic mass is 9.92. The second kappa shape index (κ2) is 7.92. The molecule has 0 spiro atoms. The van der Waals surface area contributed by atoms with Crippen molar-refractivity contribution in [3.63, 3.8) is 0 Å². The van der Waals surface area contributed by atoms with Crippen molar-refractivity contribution in [1.29, 1.82) is 0 Å². The molecule has 2 N–H and O–H groups in total. The molecule has 1 heterocycles. The van der Waals surface area contributed by atoms with E-state index in [1.54, 1.807) is 36.4 Å². The molecule has 2 aromatic carbocycles. The van der Waals surface area contributed by atoms with Gasteiger partial charge in [-0.1, -0.05) is 29.3 Å². The predicted molar refractivity (Wildman–Crippen MR) is 110 cm³/mol. The highest BCUT2D eigenvalue weighted by Gasteiger charge is 2.35. The minimum Gasteiger partial charge on any atom is -0.349 e. The number of hydrogen-bond acceptors (Lipinski definition) is 2. The first-order valence-electron chi connectivity index (χ1n) is 9.41. The number of imidazole rings is 1. The molecular formula is C21H19Cl2F2N3O. The summed E-state index contributed by atoms with van der Waals surface area (Å²) in [5.74, 6) is -2.20. The van der Waals surface area contributed by atoms with Crippen LogP contribution in [-0.4, -0.2) is 27.8 Å². The molecule has 0 atom stereocenters. The minimum atomic E-state index is -2.61. The quantitative estimate of drug-likeness (QED) is 0.544. The Bertz CT molecular complexity index is 1040. The maximum absolute atomic E-state index is 13.3. The molecule has 0 saturated heterocycles. The van der Waals surface area contributed by atoms with Crippen LogP contribution in [0, 0.1) is 0 Å². The van der Waals surface area contributed by atoms with Crippen LogP contribution in [0.3, 0.4) is 0 Å². The highest BCUT2D eigenvalue weighted by atomic mass is 35.5. The number of halogens is 4.